The summed E-state index contributed by atoms with van der Waals surface area (Å²) in [5.41, 5.74) is 0.562. The lowest BCUT2D eigenvalue weighted by Crippen LogP contribution is -2.45. The van der Waals surface area contributed by atoms with E-state index in [0.717, 1.165) is 50.5 Å². The van der Waals surface area contributed by atoms with Gasteiger partial charge in [0.25, 0.3) is 0 Å². The van der Waals surface area contributed by atoms with E-state index in [1.807, 2.05) is 16.7 Å². The summed E-state index contributed by atoms with van der Waals surface area (Å²) in [6, 6.07) is 4.81. The summed E-state index contributed by atoms with van der Waals surface area (Å²) < 4.78 is 13.9. The number of carbonyl (C=O) groups is 1. The average Bonchev–Trinajstić information content (AvgIpc) is 2.59. The Hall–Kier alpha value is -0.780. The van der Waals surface area contributed by atoms with Gasteiger partial charge in [0.15, 0.2) is 0 Å². The first-order valence-electron chi connectivity index (χ1n) is 8.17. The Labute approximate surface area is 146 Å². The fourth-order valence-corrected chi connectivity index (χ4v) is 4.41. The van der Waals surface area contributed by atoms with Crippen LogP contribution < -0.4 is 0 Å². The SMILES string of the molecule is O=C(C1CCN(Cc2c(F)cccc2Cl)CC1)N1CCSCC1. The zero-order chi connectivity index (χ0) is 16.2. The van der Waals surface area contributed by atoms with Crippen molar-refractivity contribution in [1.82, 2.24) is 9.80 Å². The van der Waals surface area contributed by atoms with E-state index >= 15 is 0 Å². The molecule has 0 atom stereocenters. The first-order valence-corrected chi connectivity index (χ1v) is 9.70. The highest BCUT2D eigenvalue weighted by molar-refractivity contribution is 7.99. The van der Waals surface area contributed by atoms with E-state index in [4.69, 9.17) is 11.6 Å². The van der Waals surface area contributed by atoms with Gasteiger partial charge in [0, 0.05) is 47.6 Å². The lowest BCUT2D eigenvalue weighted by atomic mass is 9.95. The van der Waals surface area contributed by atoms with Gasteiger partial charge in [-0.15, -0.1) is 0 Å². The third-order valence-electron chi connectivity index (χ3n) is 4.70. The van der Waals surface area contributed by atoms with Gasteiger partial charge in [-0.1, -0.05) is 17.7 Å². The second-order valence-electron chi connectivity index (χ2n) is 6.19. The zero-order valence-corrected chi connectivity index (χ0v) is 14.7. The van der Waals surface area contributed by atoms with Crippen molar-refractivity contribution in [2.24, 2.45) is 5.92 Å². The molecule has 1 aromatic carbocycles. The van der Waals surface area contributed by atoms with Crippen LogP contribution in [-0.4, -0.2) is 53.4 Å². The van der Waals surface area contributed by atoms with Crippen molar-refractivity contribution in [3.8, 4) is 0 Å². The monoisotopic (exact) mass is 356 g/mol. The normalized spacial score (nSPS) is 20.7. The number of piperidine rings is 1. The van der Waals surface area contributed by atoms with Gasteiger partial charge in [-0.2, -0.15) is 11.8 Å². The minimum absolute atomic E-state index is 0.130. The second-order valence-corrected chi connectivity index (χ2v) is 7.82. The lowest BCUT2D eigenvalue weighted by molar-refractivity contribution is -0.136. The molecule has 126 valence electrons. The molecule has 1 aromatic rings. The molecule has 2 aliphatic rings. The number of thioether (sulfide) groups is 1. The summed E-state index contributed by atoms with van der Waals surface area (Å²) >= 11 is 8.02. The number of rotatable bonds is 3. The predicted octanol–water partition coefficient (Wildman–Crippen LogP) is 3.27. The molecule has 0 aromatic heterocycles. The van der Waals surface area contributed by atoms with Gasteiger partial charge in [-0.05, 0) is 38.1 Å². The van der Waals surface area contributed by atoms with E-state index in [-0.39, 0.29) is 11.7 Å². The van der Waals surface area contributed by atoms with Crippen molar-refractivity contribution in [3.63, 3.8) is 0 Å². The summed E-state index contributed by atoms with van der Waals surface area (Å²) in [6.07, 6.45) is 1.71. The number of hydrogen-bond donors (Lipinski definition) is 0. The highest BCUT2D eigenvalue weighted by atomic mass is 35.5. The number of likely N-dealkylation sites (tertiary alicyclic amines) is 1. The van der Waals surface area contributed by atoms with Crippen LogP contribution in [-0.2, 0) is 11.3 Å². The minimum Gasteiger partial charge on any atom is -0.341 e. The summed E-state index contributed by atoms with van der Waals surface area (Å²) in [6.45, 7) is 3.93. The Kier molecular flexibility index (Phi) is 5.83. The standard InChI is InChI=1S/C17H22ClFN2OS/c18-15-2-1-3-16(19)14(15)12-20-6-4-13(5-7-20)17(22)21-8-10-23-11-9-21/h1-3,13H,4-12H2. The van der Waals surface area contributed by atoms with E-state index in [0.29, 0.717) is 23.0 Å². The zero-order valence-electron chi connectivity index (χ0n) is 13.1. The van der Waals surface area contributed by atoms with Crippen LogP contribution in [0.2, 0.25) is 5.02 Å². The molecule has 3 nitrogen and oxygen atoms in total. The molecule has 0 spiro atoms. The van der Waals surface area contributed by atoms with E-state index in [1.165, 1.54) is 6.07 Å². The van der Waals surface area contributed by atoms with Gasteiger partial charge >= 0.3 is 0 Å². The van der Waals surface area contributed by atoms with Crippen molar-refractivity contribution in [1.29, 1.82) is 0 Å². The predicted molar refractivity (Wildman–Crippen MR) is 93.3 cm³/mol. The molecule has 0 N–H and O–H groups in total. The van der Waals surface area contributed by atoms with Crippen molar-refractivity contribution >= 4 is 29.3 Å². The highest BCUT2D eigenvalue weighted by Gasteiger charge is 2.29. The number of hydrogen-bond acceptors (Lipinski definition) is 3. The van der Waals surface area contributed by atoms with Crippen LogP contribution in [0.5, 0.6) is 0 Å². The fraction of sp³-hybridized carbons (Fsp3) is 0.588. The molecule has 0 aliphatic carbocycles. The van der Waals surface area contributed by atoms with Gasteiger partial charge in [0.2, 0.25) is 5.91 Å². The molecule has 0 radical (unpaired) electrons. The molecule has 23 heavy (non-hydrogen) atoms. The maximum absolute atomic E-state index is 13.9. The van der Waals surface area contributed by atoms with E-state index in [9.17, 15) is 9.18 Å². The number of amides is 1. The van der Waals surface area contributed by atoms with Crippen molar-refractivity contribution in [2.75, 3.05) is 37.7 Å². The Morgan fingerprint density at radius 2 is 1.91 bits per heavy atom. The van der Waals surface area contributed by atoms with Gasteiger partial charge < -0.3 is 4.90 Å². The number of benzene rings is 1. The Morgan fingerprint density at radius 1 is 1.22 bits per heavy atom. The van der Waals surface area contributed by atoms with E-state index in [2.05, 4.69) is 4.90 Å². The van der Waals surface area contributed by atoms with Crippen molar-refractivity contribution in [3.05, 3.63) is 34.6 Å². The van der Waals surface area contributed by atoms with Crippen LogP contribution in [0.15, 0.2) is 18.2 Å². The molecule has 0 bridgehead atoms. The average molecular weight is 357 g/mol. The van der Waals surface area contributed by atoms with Crippen LogP contribution in [0.3, 0.4) is 0 Å². The summed E-state index contributed by atoms with van der Waals surface area (Å²) in [4.78, 5) is 16.8. The Balaban J connectivity index is 1.53. The highest BCUT2D eigenvalue weighted by Crippen LogP contribution is 2.25. The number of halogens is 2. The van der Waals surface area contributed by atoms with E-state index in [1.54, 1.807) is 12.1 Å². The largest absolute Gasteiger partial charge is 0.341 e. The Morgan fingerprint density at radius 3 is 2.57 bits per heavy atom. The molecule has 0 unspecified atom stereocenters. The van der Waals surface area contributed by atoms with Gasteiger partial charge in [-0.3, -0.25) is 9.69 Å². The van der Waals surface area contributed by atoms with Gasteiger partial charge in [0.05, 0.1) is 0 Å². The van der Waals surface area contributed by atoms with Crippen LogP contribution in [0.1, 0.15) is 18.4 Å². The maximum atomic E-state index is 13.9. The van der Waals surface area contributed by atoms with Crippen LogP contribution in [0, 0.1) is 11.7 Å². The van der Waals surface area contributed by atoms with Crippen LogP contribution >= 0.6 is 23.4 Å². The summed E-state index contributed by atoms with van der Waals surface area (Å²) in [7, 11) is 0. The smallest absolute Gasteiger partial charge is 0.225 e. The third kappa shape index (κ3) is 4.20. The van der Waals surface area contributed by atoms with Crippen molar-refractivity contribution in [2.45, 2.75) is 19.4 Å². The van der Waals surface area contributed by atoms with Crippen molar-refractivity contribution < 1.29 is 9.18 Å². The fourth-order valence-electron chi connectivity index (χ4n) is 3.29. The van der Waals surface area contributed by atoms with Crippen LogP contribution in [0.25, 0.3) is 0 Å². The van der Waals surface area contributed by atoms with Gasteiger partial charge in [0.1, 0.15) is 5.82 Å². The lowest BCUT2D eigenvalue weighted by Gasteiger charge is -2.35. The summed E-state index contributed by atoms with van der Waals surface area (Å²) in [5, 5.41) is 0.481. The maximum Gasteiger partial charge on any atom is 0.225 e. The first-order chi connectivity index (χ1) is 11.1. The molecule has 2 aliphatic heterocycles. The number of nitrogens with zero attached hydrogens (tertiary/aromatic N) is 2. The Bertz CT molecular complexity index is 537. The molecule has 1 amide bonds. The first kappa shape index (κ1) is 17.1. The molecule has 2 heterocycles. The molecular weight excluding hydrogens is 335 g/mol. The molecule has 6 heteroatoms. The second kappa shape index (κ2) is 7.86. The third-order valence-corrected chi connectivity index (χ3v) is 6.00. The molecule has 3 rings (SSSR count). The van der Waals surface area contributed by atoms with Gasteiger partial charge in [-0.25, -0.2) is 4.39 Å². The van der Waals surface area contributed by atoms with Crippen LogP contribution in [0.4, 0.5) is 4.39 Å². The molecular formula is C17H22ClFN2OS. The minimum atomic E-state index is -0.249. The number of carbonyl (C=O) groups excluding carboxylic acids is 1. The quantitative estimate of drug-likeness (QED) is 0.830. The summed E-state index contributed by atoms with van der Waals surface area (Å²) in [5.74, 6) is 2.30. The molecule has 2 fully saturated rings. The van der Waals surface area contributed by atoms with E-state index < -0.39 is 0 Å². The molecule has 0 saturated carbocycles. The topological polar surface area (TPSA) is 23.6 Å². The molecule has 2 saturated heterocycles.